The standard InChI is InChI=1S/C13H15F2NO4S/c1-2-7-16(8-3-4-8)21(19,20)10-6-5-9(14)11(12(10)15)13(17)18/h5-6,8H,2-4,7H2,1H3,(H,17,18). The molecule has 1 saturated carbocycles. The second-order valence-electron chi connectivity index (χ2n) is 4.89. The maximum Gasteiger partial charge on any atom is 0.341 e. The summed E-state index contributed by atoms with van der Waals surface area (Å²) in [6.45, 7) is 2.00. The molecule has 5 nitrogen and oxygen atoms in total. The van der Waals surface area contributed by atoms with Crippen LogP contribution in [0.4, 0.5) is 8.78 Å². The van der Waals surface area contributed by atoms with E-state index in [9.17, 15) is 22.0 Å². The molecule has 1 aromatic carbocycles. The van der Waals surface area contributed by atoms with Crippen LogP contribution in [0.5, 0.6) is 0 Å². The first kappa shape index (κ1) is 15.8. The molecule has 1 fully saturated rings. The largest absolute Gasteiger partial charge is 0.477 e. The van der Waals surface area contributed by atoms with Crippen molar-refractivity contribution < 1.29 is 27.1 Å². The first-order chi connectivity index (χ1) is 9.80. The second-order valence-corrected chi connectivity index (χ2v) is 6.75. The Kier molecular flexibility index (Phi) is 4.29. The molecule has 0 saturated heterocycles. The normalized spacial score (nSPS) is 15.4. The Morgan fingerprint density at radius 1 is 1.38 bits per heavy atom. The van der Waals surface area contributed by atoms with Crippen molar-refractivity contribution in [2.45, 2.75) is 37.1 Å². The second kappa shape index (κ2) is 5.69. The molecule has 0 aliphatic heterocycles. The number of hydrogen-bond donors (Lipinski definition) is 1. The van der Waals surface area contributed by atoms with E-state index in [0.29, 0.717) is 25.3 Å². The van der Waals surface area contributed by atoms with Crippen LogP contribution in [0.25, 0.3) is 0 Å². The summed E-state index contributed by atoms with van der Waals surface area (Å²) in [5.74, 6) is -4.69. The lowest BCUT2D eigenvalue weighted by Crippen LogP contribution is -2.34. The highest BCUT2D eigenvalue weighted by atomic mass is 32.2. The van der Waals surface area contributed by atoms with Gasteiger partial charge in [0.15, 0.2) is 5.82 Å². The summed E-state index contributed by atoms with van der Waals surface area (Å²) in [7, 11) is -4.18. The van der Waals surface area contributed by atoms with E-state index in [0.717, 1.165) is 10.4 Å². The number of carboxylic acids is 1. The van der Waals surface area contributed by atoms with E-state index in [1.165, 1.54) is 0 Å². The lowest BCUT2D eigenvalue weighted by Gasteiger charge is -2.21. The summed E-state index contributed by atoms with van der Waals surface area (Å²) >= 11 is 0. The van der Waals surface area contributed by atoms with E-state index < -0.39 is 38.1 Å². The summed E-state index contributed by atoms with van der Waals surface area (Å²) in [6, 6.07) is 1.25. The van der Waals surface area contributed by atoms with Crippen LogP contribution in [0.3, 0.4) is 0 Å². The summed E-state index contributed by atoms with van der Waals surface area (Å²) in [5.41, 5.74) is -1.25. The topological polar surface area (TPSA) is 74.7 Å². The van der Waals surface area contributed by atoms with E-state index in [1.807, 2.05) is 0 Å². The molecule has 1 aromatic rings. The number of carboxylic acid groups (broad SMARTS) is 1. The summed E-state index contributed by atoms with van der Waals surface area (Å²) < 4.78 is 53.6. The van der Waals surface area contributed by atoms with Crippen LogP contribution < -0.4 is 0 Å². The average molecular weight is 319 g/mol. The van der Waals surface area contributed by atoms with Crippen molar-refractivity contribution in [1.82, 2.24) is 4.31 Å². The monoisotopic (exact) mass is 319 g/mol. The number of nitrogens with zero attached hydrogens (tertiary/aromatic N) is 1. The lowest BCUT2D eigenvalue weighted by atomic mass is 10.2. The first-order valence-corrected chi connectivity index (χ1v) is 7.97. The highest BCUT2D eigenvalue weighted by molar-refractivity contribution is 7.89. The molecule has 0 radical (unpaired) electrons. The zero-order chi connectivity index (χ0) is 15.8. The molecule has 0 aromatic heterocycles. The van der Waals surface area contributed by atoms with Gasteiger partial charge in [-0.3, -0.25) is 0 Å². The van der Waals surface area contributed by atoms with Gasteiger partial charge in [0.05, 0.1) is 0 Å². The van der Waals surface area contributed by atoms with Crippen LogP contribution in [0, 0.1) is 11.6 Å². The van der Waals surface area contributed by atoms with E-state index in [-0.39, 0.29) is 12.6 Å². The molecule has 0 amide bonds. The van der Waals surface area contributed by atoms with Gasteiger partial charge in [-0.2, -0.15) is 4.31 Å². The van der Waals surface area contributed by atoms with Gasteiger partial charge < -0.3 is 5.11 Å². The maximum atomic E-state index is 14.1. The average Bonchev–Trinajstić information content (AvgIpc) is 3.19. The van der Waals surface area contributed by atoms with Crippen molar-refractivity contribution in [1.29, 1.82) is 0 Å². The van der Waals surface area contributed by atoms with Crippen LogP contribution in [0.2, 0.25) is 0 Å². The molecule has 0 heterocycles. The molecule has 0 unspecified atom stereocenters. The van der Waals surface area contributed by atoms with Crippen molar-refractivity contribution >= 4 is 16.0 Å². The minimum absolute atomic E-state index is 0.187. The zero-order valence-corrected chi connectivity index (χ0v) is 12.2. The quantitative estimate of drug-likeness (QED) is 0.872. The number of aromatic carboxylic acids is 1. The van der Waals surface area contributed by atoms with E-state index >= 15 is 0 Å². The third-order valence-corrected chi connectivity index (χ3v) is 5.22. The van der Waals surface area contributed by atoms with Crippen LogP contribution in [0.1, 0.15) is 36.5 Å². The summed E-state index contributed by atoms with van der Waals surface area (Å²) in [4.78, 5) is 10.1. The Labute approximate surface area is 121 Å². The van der Waals surface area contributed by atoms with Gasteiger partial charge in [0.2, 0.25) is 10.0 Å². The molecular weight excluding hydrogens is 304 g/mol. The number of hydrogen-bond acceptors (Lipinski definition) is 3. The van der Waals surface area contributed by atoms with Crippen molar-refractivity contribution in [2.75, 3.05) is 6.54 Å². The Bertz CT molecular complexity index is 671. The van der Waals surface area contributed by atoms with Crippen molar-refractivity contribution in [3.05, 3.63) is 29.3 Å². The van der Waals surface area contributed by atoms with Gasteiger partial charge in [-0.25, -0.2) is 22.0 Å². The fourth-order valence-corrected chi connectivity index (χ4v) is 3.98. The molecule has 116 valence electrons. The van der Waals surface area contributed by atoms with Crippen LogP contribution in [-0.4, -0.2) is 36.4 Å². The molecule has 8 heteroatoms. The third kappa shape index (κ3) is 2.91. The molecule has 1 aliphatic rings. The maximum absolute atomic E-state index is 14.1. The highest BCUT2D eigenvalue weighted by Gasteiger charge is 2.39. The van der Waals surface area contributed by atoms with Crippen molar-refractivity contribution in [3.8, 4) is 0 Å². The fraction of sp³-hybridized carbons (Fsp3) is 0.462. The molecule has 2 rings (SSSR count). The highest BCUT2D eigenvalue weighted by Crippen LogP contribution is 2.33. The van der Waals surface area contributed by atoms with Crippen LogP contribution in [-0.2, 0) is 10.0 Å². The Morgan fingerprint density at radius 2 is 2.00 bits per heavy atom. The number of rotatable bonds is 6. The molecule has 0 spiro atoms. The van der Waals surface area contributed by atoms with E-state index in [2.05, 4.69) is 0 Å². The summed E-state index contributed by atoms with van der Waals surface area (Å²) in [6.07, 6.45) is 1.92. The lowest BCUT2D eigenvalue weighted by molar-refractivity contribution is 0.0685. The molecular formula is C13H15F2NO4S. The van der Waals surface area contributed by atoms with Gasteiger partial charge in [0, 0.05) is 12.6 Å². The van der Waals surface area contributed by atoms with Gasteiger partial charge in [-0.15, -0.1) is 0 Å². The van der Waals surface area contributed by atoms with E-state index in [1.54, 1.807) is 6.92 Å². The summed E-state index contributed by atoms with van der Waals surface area (Å²) in [5, 5.41) is 8.81. The molecule has 1 aliphatic carbocycles. The van der Waals surface area contributed by atoms with Crippen molar-refractivity contribution in [2.24, 2.45) is 0 Å². The first-order valence-electron chi connectivity index (χ1n) is 6.53. The predicted octanol–water partition coefficient (Wildman–Crippen LogP) is 2.23. The smallest absolute Gasteiger partial charge is 0.341 e. The SMILES string of the molecule is CCCN(C1CC1)S(=O)(=O)c1ccc(F)c(C(=O)O)c1F. The molecule has 0 atom stereocenters. The Hall–Kier alpha value is -1.54. The number of benzene rings is 1. The molecule has 21 heavy (non-hydrogen) atoms. The molecule has 0 bridgehead atoms. The number of sulfonamides is 1. The van der Waals surface area contributed by atoms with E-state index in [4.69, 9.17) is 5.11 Å². The van der Waals surface area contributed by atoms with Crippen LogP contribution >= 0.6 is 0 Å². The van der Waals surface area contributed by atoms with Crippen LogP contribution in [0.15, 0.2) is 17.0 Å². The van der Waals surface area contributed by atoms with Gasteiger partial charge in [0.1, 0.15) is 16.3 Å². The third-order valence-electron chi connectivity index (χ3n) is 3.25. The van der Waals surface area contributed by atoms with Gasteiger partial charge >= 0.3 is 5.97 Å². The minimum atomic E-state index is -4.18. The Morgan fingerprint density at radius 3 is 2.48 bits per heavy atom. The predicted molar refractivity (Wildman–Crippen MR) is 70.5 cm³/mol. The van der Waals surface area contributed by atoms with Gasteiger partial charge in [-0.05, 0) is 31.4 Å². The zero-order valence-electron chi connectivity index (χ0n) is 11.3. The minimum Gasteiger partial charge on any atom is -0.477 e. The fourth-order valence-electron chi connectivity index (χ4n) is 2.14. The van der Waals surface area contributed by atoms with Gasteiger partial charge in [0.25, 0.3) is 0 Å². The van der Waals surface area contributed by atoms with Crippen molar-refractivity contribution in [3.63, 3.8) is 0 Å². The number of carbonyl (C=O) groups is 1. The number of halogens is 2. The van der Waals surface area contributed by atoms with Gasteiger partial charge in [-0.1, -0.05) is 6.92 Å². The molecule has 1 N–H and O–H groups in total. The Balaban J connectivity index is 2.54.